The van der Waals surface area contributed by atoms with E-state index in [2.05, 4.69) is 52.1 Å². The van der Waals surface area contributed by atoms with Gasteiger partial charge in [-0.3, -0.25) is 4.90 Å². The zero-order chi connectivity index (χ0) is 12.3. The number of hydrogen-bond acceptors (Lipinski definition) is 2. The smallest absolute Gasteiger partial charge is 0.0467 e. The molecule has 0 heterocycles. The minimum absolute atomic E-state index is 0.351. The van der Waals surface area contributed by atoms with Crippen LogP contribution in [-0.2, 0) is 0 Å². The lowest BCUT2D eigenvalue weighted by atomic mass is 9.85. The van der Waals surface area contributed by atoms with E-state index in [9.17, 15) is 0 Å². The Morgan fingerprint density at radius 2 is 2.00 bits per heavy atom. The summed E-state index contributed by atoms with van der Waals surface area (Å²) in [6.45, 7) is 1.86. The maximum Gasteiger partial charge on any atom is 0.0467 e. The number of hydrogen-bond donors (Lipinski definition) is 1. The molecule has 0 aliphatic heterocycles. The van der Waals surface area contributed by atoms with Crippen LogP contribution in [0.2, 0.25) is 0 Å². The molecule has 0 spiro atoms. The Kier molecular flexibility index (Phi) is 4.60. The van der Waals surface area contributed by atoms with Crippen LogP contribution < -0.4 is 5.73 Å². The number of nitrogens with two attached hydrogens (primary N) is 1. The number of likely N-dealkylation sites (N-methyl/N-ethyl adjacent to an activating group) is 1. The van der Waals surface area contributed by atoms with Crippen molar-refractivity contribution in [1.29, 1.82) is 0 Å². The molecule has 2 rings (SSSR count). The van der Waals surface area contributed by atoms with Crippen molar-refractivity contribution in [3.8, 4) is 0 Å². The van der Waals surface area contributed by atoms with E-state index >= 15 is 0 Å². The van der Waals surface area contributed by atoms with E-state index in [-0.39, 0.29) is 0 Å². The average Bonchev–Trinajstić information content (AvgIpc) is 2.27. The average molecular weight is 297 g/mol. The highest BCUT2D eigenvalue weighted by Gasteiger charge is 2.23. The number of halogens is 1. The lowest BCUT2D eigenvalue weighted by molar-refractivity contribution is 0.165. The third kappa shape index (κ3) is 3.30. The summed E-state index contributed by atoms with van der Waals surface area (Å²) in [6.07, 6.45) is 4.19. The van der Waals surface area contributed by atoms with Gasteiger partial charge >= 0.3 is 0 Å². The quantitative estimate of drug-likeness (QED) is 0.904. The molecule has 94 valence electrons. The van der Waals surface area contributed by atoms with E-state index < -0.39 is 0 Å². The molecule has 17 heavy (non-hydrogen) atoms. The highest BCUT2D eigenvalue weighted by molar-refractivity contribution is 9.10. The first-order valence-electron chi connectivity index (χ1n) is 6.36. The standard InChI is InChI=1S/C14H21BrN2/c1-17(10-11-3-2-4-11)14(9-16)12-5-7-13(15)8-6-12/h5-8,11,14H,2-4,9-10,16H2,1H3. The van der Waals surface area contributed by atoms with Crippen molar-refractivity contribution in [3.63, 3.8) is 0 Å². The first kappa shape index (κ1) is 13.1. The highest BCUT2D eigenvalue weighted by atomic mass is 79.9. The first-order valence-corrected chi connectivity index (χ1v) is 7.15. The van der Waals surface area contributed by atoms with Crippen molar-refractivity contribution < 1.29 is 0 Å². The largest absolute Gasteiger partial charge is 0.329 e. The predicted molar refractivity (Wildman–Crippen MR) is 75.9 cm³/mol. The van der Waals surface area contributed by atoms with Crippen molar-refractivity contribution in [3.05, 3.63) is 34.3 Å². The maximum absolute atomic E-state index is 5.93. The maximum atomic E-state index is 5.93. The van der Waals surface area contributed by atoms with E-state index in [4.69, 9.17) is 5.73 Å². The van der Waals surface area contributed by atoms with E-state index in [0.717, 1.165) is 10.4 Å². The molecule has 0 aromatic heterocycles. The second-order valence-corrected chi connectivity index (χ2v) is 5.96. The van der Waals surface area contributed by atoms with Gasteiger partial charge < -0.3 is 5.73 Å². The van der Waals surface area contributed by atoms with Gasteiger partial charge in [0.1, 0.15) is 0 Å². The van der Waals surface area contributed by atoms with Crippen LogP contribution >= 0.6 is 15.9 Å². The molecule has 3 heteroatoms. The van der Waals surface area contributed by atoms with E-state index in [1.54, 1.807) is 0 Å². The van der Waals surface area contributed by atoms with Gasteiger partial charge in [-0.15, -0.1) is 0 Å². The lowest BCUT2D eigenvalue weighted by Crippen LogP contribution is -2.36. The van der Waals surface area contributed by atoms with Crippen LogP contribution in [0.5, 0.6) is 0 Å². The fourth-order valence-corrected chi connectivity index (χ4v) is 2.73. The van der Waals surface area contributed by atoms with Crippen molar-refractivity contribution in [2.75, 3.05) is 20.1 Å². The summed E-state index contributed by atoms with van der Waals surface area (Å²) >= 11 is 3.47. The molecule has 1 atom stereocenters. The number of rotatable bonds is 5. The van der Waals surface area contributed by atoms with Gasteiger partial charge in [0.15, 0.2) is 0 Å². The summed E-state index contributed by atoms with van der Waals surface area (Å²) in [7, 11) is 2.19. The van der Waals surface area contributed by atoms with Gasteiger partial charge in [-0.05, 0) is 43.5 Å². The van der Waals surface area contributed by atoms with Crippen molar-refractivity contribution in [2.45, 2.75) is 25.3 Å². The highest BCUT2D eigenvalue weighted by Crippen LogP contribution is 2.29. The molecule has 1 unspecified atom stereocenters. The molecular formula is C14H21BrN2. The van der Waals surface area contributed by atoms with Gasteiger partial charge in [-0.25, -0.2) is 0 Å². The van der Waals surface area contributed by atoms with Gasteiger partial charge in [0.25, 0.3) is 0 Å². The summed E-state index contributed by atoms with van der Waals surface area (Å²) in [6, 6.07) is 8.87. The van der Waals surface area contributed by atoms with E-state index in [1.807, 2.05) is 0 Å². The Morgan fingerprint density at radius 3 is 2.47 bits per heavy atom. The fourth-order valence-electron chi connectivity index (χ4n) is 2.47. The van der Waals surface area contributed by atoms with Crippen molar-refractivity contribution in [2.24, 2.45) is 11.7 Å². The van der Waals surface area contributed by atoms with Gasteiger partial charge in [0, 0.05) is 23.6 Å². The monoisotopic (exact) mass is 296 g/mol. The molecule has 0 amide bonds. The zero-order valence-corrected chi connectivity index (χ0v) is 12.0. The normalized spacial score (nSPS) is 18.1. The molecule has 1 aliphatic rings. The van der Waals surface area contributed by atoms with Gasteiger partial charge in [0.05, 0.1) is 0 Å². The van der Waals surface area contributed by atoms with Gasteiger partial charge in [-0.2, -0.15) is 0 Å². The molecule has 2 N–H and O–H groups in total. The summed E-state index contributed by atoms with van der Waals surface area (Å²) in [5.74, 6) is 0.893. The van der Waals surface area contributed by atoms with E-state index in [0.29, 0.717) is 12.6 Å². The summed E-state index contributed by atoms with van der Waals surface area (Å²) in [5, 5.41) is 0. The van der Waals surface area contributed by atoms with Crippen molar-refractivity contribution >= 4 is 15.9 Å². The molecule has 1 saturated carbocycles. The second-order valence-electron chi connectivity index (χ2n) is 5.04. The number of benzene rings is 1. The molecule has 1 aromatic carbocycles. The van der Waals surface area contributed by atoms with E-state index in [1.165, 1.54) is 31.4 Å². The first-order chi connectivity index (χ1) is 8.20. The van der Waals surface area contributed by atoms with Gasteiger partial charge in [0.2, 0.25) is 0 Å². The van der Waals surface area contributed by atoms with Crippen LogP contribution in [0, 0.1) is 5.92 Å². The van der Waals surface area contributed by atoms with Crippen LogP contribution in [-0.4, -0.2) is 25.0 Å². The number of nitrogens with zero attached hydrogens (tertiary/aromatic N) is 1. The molecule has 2 nitrogen and oxygen atoms in total. The summed E-state index contributed by atoms with van der Waals surface area (Å²) in [4.78, 5) is 2.41. The second kappa shape index (κ2) is 5.98. The third-order valence-electron chi connectivity index (χ3n) is 3.78. The topological polar surface area (TPSA) is 29.3 Å². The minimum atomic E-state index is 0.351. The van der Waals surface area contributed by atoms with Crippen LogP contribution in [0.25, 0.3) is 0 Å². The van der Waals surface area contributed by atoms with Crippen LogP contribution in [0.1, 0.15) is 30.9 Å². The van der Waals surface area contributed by atoms with Crippen LogP contribution in [0.3, 0.4) is 0 Å². The van der Waals surface area contributed by atoms with Crippen LogP contribution in [0.4, 0.5) is 0 Å². The zero-order valence-electron chi connectivity index (χ0n) is 10.4. The molecule has 1 aliphatic carbocycles. The Balaban J connectivity index is 2.00. The Hall–Kier alpha value is -0.380. The molecular weight excluding hydrogens is 276 g/mol. The predicted octanol–water partition coefficient (Wildman–Crippen LogP) is 3.18. The Labute approximate surface area is 112 Å². The summed E-state index contributed by atoms with van der Waals surface area (Å²) in [5.41, 5.74) is 7.24. The third-order valence-corrected chi connectivity index (χ3v) is 4.31. The molecule has 1 fully saturated rings. The van der Waals surface area contributed by atoms with Crippen LogP contribution in [0.15, 0.2) is 28.7 Å². The van der Waals surface area contributed by atoms with Crippen molar-refractivity contribution in [1.82, 2.24) is 4.90 Å². The molecule has 0 saturated heterocycles. The molecule has 0 bridgehead atoms. The lowest BCUT2D eigenvalue weighted by Gasteiger charge is -2.34. The Morgan fingerprint density at radius 1 is 1.35 bits per heavy atom. The molecule has 0 radical (unpaired) electrons. The Bertz CT molecular complexity index is 346. The minimum Gasteiger partial charge on any atom is -0.329 e. The summed E-state index contributed by atoms with van der Waals surface area (Å²) < 4.78 is 1.12. The fraction of sp³-hybridized carbons (Fsp3) is 0.571. The molecule has 1 aromatic rings. The SMILES string of the molecule is CN(CC1CCC1)C(CN)c1ccc(Br)cc1. The van der Waals surface area contributed by atoms with Gasteiger partial charge in [-0.1, -0.05) is 34.5 Å².